The summed E-state index contributed by atoms with van der Waals surface area (Å²) in [5, 5.41) is 4.17. The summed E-state index contributed by atoms with van der Waals surface area (Å²) in [6.07, 6.45) is 2.89. The number of anilines is 1. The van der Waals surface area contributed by atoms with Crippen molar-refractivity contribution in [3.8, 4) is 11.4 Å². The number of hydrogen-bond acceptors (Lipinski definition) is 5. The van der Waals surface area contributed by atoms with Crippen LogP contribution in [0, 0.1) is 12.8 Å². The number of aryl methyl sites for hydroxylation is 1. The third kappa shape index (κ3) is 3.63. The molecule has 0 N–H and O–H groups in total. The number of amides is 1. The lowest BCUT2D eigenvalue weighted by Gasteiger charge is -2.33. The molecule has 3 aromatic rings. The summed E-state index contributed by atoms with van der Waals surface area (Å²) < 4.78 is 5.52. The quantitative estimate of drug-likeness (QED) is 0.663. The Morgan fingerprint density at radius 2 is 1.97 bits per heavy atom. The van der Waals surface area contributed by atoms with Gasteiger partial charge in [-0.25, -0.2) is 0 Å². The van der Waals surface area contributed by atoms with Gasteiger partial charge in [0.05, 0.1) is 12.5 Å². The number of para-hydroxylation sites is 1. The highest BCUT2D eigenvalue weighted by Gasteiger charge is 2.33. The van der Waals surface area contributed by atoms with Crippen LogP contribution in [0.1, 0.15) is 29.9 Å². The lowest BCUT2D eigenvalue weighted by molar-refractivity contribution is -0.124. The zero-order chi connectivity index (χ0) is 20.5. The molecular weight excluding hydrogens is 376 g/mol. The van der Waals surface area contributed by atoms with Crippen molar-refractivity contribution in [1.82, 2.24) is 15.0 Å². The molecule has 2 aromatic carbocycles. The van der Waals surface area contributed by atoms with E-state index in [2.05, 4.69) is 27.2 Å². The first-order valence-electron chi connectivity index (χ1n) is 10.7. The van der Waals surface area contributed by atoms with Gasteiger partial charge in [-0.1, -0.05) is 47.6 Å². The van der Waals surface area contributed by atoms with Gasteiger partial charge in [-0.15, -0.1) is 0 Å². The number of piperidine rings is 1. The van der Waals surface area contributed by atoms with Crippen LogP contribution in [-0.2, 0) is 17.8 Å². The van der Waals surface area contributed by atoms with Gasteiger partial charge in [0.25, 0.3) is 0 Å². The highest BCUT2D eigenvalue weighted by Crippen LogP contribution is 2.31. The second kappa shape index (κ2) is 8.03. The molecule has 6 heteroatoms. The molecule has 0 saturated carbocycles. The fourth-order valence-corrected chi connectivity index (χ4v) is 4.63. The van der Waals surface area contributed by atoms with Crippen molar-refractivity contribution in [1.29, 1.82) is 0 Å². The van der Waals surface area contributed by atoms with Crippen LogP contribution in [0.2, 0.25) is 0 Å². The number of carbonyl (C=O) groups is 1. The fourth-order valence-electron chi connectivity index (χ4n) is 4.63. The Hall–Kier alpha value is -2.99. The molecule has 0 spiro atoms. The van der Waals surface area contributed by atoms with Crippen molar-refractivity contribution >= 4 is 11.6 Å². The lowest BCUT2D eigenvalue weighted by atomic mass is 9.96. The van der Waals surface area contributed by atoms with Gasteiger partial charge in [-0.3, -0.25) is 9.69 Å². The SMILES string of the molecule is Cc1ccccc1-c1noc(CN2CCCC(C(=O)N3CCc4ccccc43)C2)n1. The molecule has 3 heterocycles. The minimum absolute atomic E-state index is 0.0173. The minimum atomic E-state index is 0.0173. The van der Waals surface area contributed by atoms with E-state index in [1.165, 1.54) is 5.56 Å². The van der Waals surface area contributed by atoms with Crippen LogP contribution in [0.4, 0.5) is 5.69 Å². The summed E-state index contributed by atoms with van der Waals surface area (Å²) in [6.45, 7) is 5.10. The normalized spacial score (nSPS) is 19.1. The molecule has 0 aliphatic carbocycles. The Kier molecular flexibility index (Phi) is 5.09. The van der Waals surface area contributed by atoms with Gasteiger partial charge in [0, 0.05) is 24.3 Å². The van der Waals surface area contributed by atoms with Crippen LogP contribution in [0.5, 0.6) is 0 Å². The molecule has 1 amide bonds. The smallest absolute Gasteiger partial charge is 0.241 e. The number of benzene rings is 2. The Balaban J connectivity index is 1.26. The topological polar surface area (TPSA) is 62.5 Å². The predicted octanol–water partition coefficient (Wildman–Crippen LogP) is 3.85. The molecule has 5 rings (SSSR count). The minimum Gasteiger partial charge on any atom is -0.338 e. The molecule has 1 atom stereocenters. The van der Waals surface area contributed by atoms with Crippen LogP contribution in [0.15, 0.2) is 53.1 Å². The van der Waals surface area contributed by atoms with E-state index in [0.29, 0.717) is 18.3 Å². The molecule has 154 valence electrons. The van der Waals surface area contributed by atoms with E-state index in [-0.39, 0.29) is 11.8 Å². The van der Waals surface area contributed by atoms with E-state index in [4.69, 9.17) is 4.52 Å². The van der Waals surface area contributed by atoms with E-state index >= 15 is 0 Å². The Morgan fingerprint density at radius 1 is 1.13 bits per heavy atom. The lowest BCUT2D eigenvalue weighted by Crippen LogP contribution is -2.44. The van der Waals surface area contributed by atoms with Crippen molar-refractivity contribution < 1.29 is 9.32 Å². The van der Waals surface area contributed by atoms with Crippen LogP contribution in [0.25, 0.3) is 11.4 Å². The Labute approximate surface area is 176 Å². The van der Waals surface area contributed by atoms with Gasteiger partial charge < -0.3 is 9.42 Å². The monoisotopic (exact) mass is 402 g/mol. The van der Waals surface area contributed by atoms with Crippen molar-refractivity contribution in [3.05, 3.63) is 65.5 Å². The first-order valence-corrected chi connectivity index (χ1v) is 10.7. The average Bonchev–Trinajstić information content (AvgIpc) is 3.41. The zero-order valence-corrected chi connectivity index (χ0v) is 17.3. The second-order valence-electron chi connectivity index (χ2n) is 8.27. The molecular formula is C24H26N4O2. The van der Waals surface area contributed by atoms with Crippen molar-refractivity contribution in [2.24, 2.45) is 5.92 Å². The summed E-state index contributed by atoms with van der Waals surface area (Å²) in [5.74, 6) is 1.49. The maximum absolute atomic E-state index is 13.2. The summed E-state index contributed by atoms with van der Waals surface area (Å²) in [4.78, 5) is 22.1. The largest absolute Gasteiger partial charge is 0.338 e. The van der Waals surface area contributed by atoms with Crippen LogP contribution >= 0.6 is 0 Å². The molecule has 1 aromatic heterocycles. The zero-order valence-electron chi connectivity index (χ0n) is 17.3. The fraction of sp³-hybridized carbons (Fsp3) is 0.375. The number of fused-ring (bicyclic) bond motifs is 1. The van der Waals surface area contributed by atoms with Gasteiger partial charge in [-0.2, -0.15) is 4.98 Å². The predicted molar refractivity (Wildman–Crippen MR) is 115 cm³/mol. The summed E-state index contributed by atoms with van der Waals surface area (Å²) in [5.41, 5.74) is 4.47. The average molecular weight is 402 g/mol. The first kappa shape index (κ1) is 19.0. The van der Waals surface area contributed by atoms with E-state index in [9.17, 15) is 4.79 Å². The van der Waals surface area contributed by atoms with E-state index < -0.39 is 0 Å². The molecule has 0 radical (unpaired) electrons. The number of rotatable bonds is 4. The first-order chi connectivity index (χ1) is 14.7. The highest BCUT2D eigenvalue weighted by atomic mass is 16.5. The summed E-state index contributed by atoms with van der Waals surface area (Å²) >= 11 is 0. The number of hydrogen-bond donors (Lipinski definition) is 0. The van der Waals surface area contributed by atoms with E-state index in [1.807, 2.05) is 48.2 Å². The second-order valence-corrected chi connectivity index (χ2v) is 8.27. The standard InChI is InChI=1S/C24H26N4O2/c1-17-7-2-4-10-20(17)23-25-22(30-26-23)16-27-13-6-9-19(15-27)24(29)28-14-12-18-8-3-5-11-21(18)28/h2-5,7-8,10-11,19H,6,9,12-16H2,1H3. The van der Waals surface area contributed by atoms with E-state index in [1.54, 1.807) is 0 Å². The summed E-state index contributed by atoms with van der Waals surface area (Å²) in [6, 6.07) is 16.3. The Morgan fingerprint density at radius 3 is 2.87 bits per heavy atom. The van der Waals surface area contributed by atoms with Gasteiger partial charge in [0.2, 0.25) is 17.6 Å². The van der Waals surface area contributed by atoms with Crippen LogP contribution in [-0.4, -0.2) is 40.6 Å². The van der Waals surface area contributed by atoms with Crippen LogP contribution < -0.4 is 4.90 Å². The third-order valence-electron chi connectivity index (χ3n) is 6.22. The van der Waals surface area contributed by atoms with Crippen molar-refractivity contribution in [2.45, 2.75) is 32.7 Å². The molecule has 30 heavy (non-hydrogen) atoms. The number of likely N-dealkylation sites (tertiary alicyclic amines) is 1. The van der Waals surface area contributed by atoms with Gasteiger partial charge in [0.15, 0.2) is 0 Å². The van der Waals surface area contributed by atoms with Gasteiger partial charge >= 0.3 is 0 Å². The number of aromatic nitrogens is 2. The number of nitrogens with zero attached hydrogens (tertiary/aromatic N) is 4. The third-order valence-corrected chi connectivity index (χ3v) is 6.22. The van der Waals surface area contributed by atoms with Crippen LogP contribution in [0.3, 0.4) is 0 Å². The molecule has 6 nitrogen and oxygen atoms in total. The van der Waals surface area contributed by atoms with Gasteiger partial charge in [0.1, 0.15) is 0 Å². The molecule has 1 fully saturated rings. The molecule has 0 bridgehead atoms. The van der Waals surface area contributed by atoms with Gasteiger partial charge in [-0.05, 0) is 49.9 Å². The van der Waals surface area contributed by atoms with Crippen molar-refractivity contribution in [3.63, 3.8) is 0 Å². The molecule has 2 aliphatic rings. The highest BCUT2D eigenvalue weighted by molar-refractivity contribution is 5.97. The maximum Gasteiger partial charge on any atom is 0.241 e. The molecule has 1 saturated heterocycles. The Bertz CT molecular complexity index is 1060. The molecule has 2 aliphatic heterocycles. The van der Waals surface area contributed by atoms with E-state index in [0.717, 1.165) is 55.7 Å². The molecule has 1 unspecified atom stereocenters. The summed E-state index contributed by atoms with van der Waals surface area (Å²) in [7, 11) is 0. The number of carbonyl (C=O) groups excluding carboxylic acids is 1. The maximum atomic E-state index is 13.2. The van der Waals surface area contributed by atoms with Crippen molar-refractivity contribution in [2.75, 3.05) is 24.5 Å².